The molecule has 0 aliphatic carbocycles. The Morgan fingerprint density at radius 1 is 1.33 bits per heavy atom. The molecule has 1 fully saturated rings. The third-order valence-corrected chi connectivity index (χ3v) is 4.46. The van der Waals surface area contributed by atoms with E-state index < -0.39 is 0 Å². The molecule has 1 unspecified atom stereocenters. The van der Waals surface area contributed by atoms with Crippen molar-refractivity contribution in [3.8, 4) is 0 Å². The van der Waals surface area contributed by atoms with Crippen LogP contribution >= 0.6 is 0 Å². The lowest BCUT2D eigenvalue weighted by molar-refractivity contribution is 0.0932. The van der Waals surface area contributed by atoms with Crippen LogP contribution in [-0.2, 0) is 7.05 Å². The van der Waals surface area contributed by atoms with Gasteiger partial charge in [-0.2, -0.15) is 5.10 Å². The van der Waals surface area contributed by atoms with Crippen LogP contribution in [0.25, 0.3) is 5.65 Å². The summed E-state index contributed by atoms with van der Waals surface area (Å²) in [6.45, 7) is 1.81. The van der Waals surface area contributed by atoms with E-state index in [1.54, 1.807) is 10.9 Å². The molecule has 1 atom stereocenters. The van der Waals surface area contributed by atoms with Crippen molar-refractivity contribution in [1.82, 2.24) is 24.5 Å². The number of rotatable bonds is 3. The van der Waals surface area contributed by atoms with E-state index in [1.807, 2.05) is 48.4 Å². The number of amides is 1. The van der Waals surface area contributed by atoms with Crippen molar-refractivity contribution in [2.24, 2.45) is 7.05 Å². The van der Waals surface area contributed by atoms with E-state index in [-0.39, 0.29) is 11.9 Å². The van der Waals surface area contributed by atoms with E-state index >= 15 is 0 Å². The molecule has 24 heavy (non-hydrogen) atoms. The summed E-state index contributed by atoms with van der Waals surface area (Å²) in [5.41, 5.74) is 2.60. The normalized spacial score (nSPS) is 18.0. The lowest BCUT2D eigenvalue weighted by atomic mass is 10.0. The van der Waals surface area contributed by atoms with Crippen LogP contribution in [0.3, 0.4) is 0 Å². The fourth-order valence-corrected chi connectivity index (χ4v) is 3.22. The number of nitrogens with one attached hydrogen (secondary N) is 1. The Hall–Kier alpha value is -2.83. The summed E-state index contributed by atoms with van der Waals surface area (Å²) in [7, 11) is 1.92. The third kappa shape index (κ3) is 2.84. The molecule has 4 heterocycles. The molecular weight excluding hydrogens is 304 g/mol. The number of piperidine rings is 1. The zero-order valence-electron chi connectivity index (χ0n) is 13.6. The topological polar surface area (TPSA) is 67.5 Å². The van der Waals surface area contributed by atoms with Gasteiger partial charge in [0, 0.05) is 51.0 Å². The summed E-state index contributed by atoms with van der Waals surface area (Å²) >= 11 is 0. The van der Waals surface area contributed by atoms with Crippen molar-refractivity contribution in [2.75, 3.05) is 18.0 Å². The molecule has 3 aromatic heterocycles. The van der Waals surface area contributed by atoms with Gasteiger partial charge in [-0.15, -0.1) is 0 Å². The highest BCUT2D eigenvalue weighted by atomic mass is 16.1. The zero-order valence-corrected chi connectivity index (χ0v) is 13.6. The van der Waals surface area contributed by atoms with Crippen LogP contribution in [0.2, 0.25) is 0 Å². The summed E-state index contributed by atoms with van der Waals surface area (Å²) in [5.74, 6) is -0.0383. The van der Waals surface area contributed by atoms with E-state index in [0.29, 0.717) is 5.56 Å². The molecule has 1 aliphatic heterocycles. The Bertz CT molecular complexity index is 867. The predicted molar refractivity (Wildman–Crippen MR) is 91.1 cm³/mol. The number of pyridine rings is 1. The number of carbonyl (C=O) groups is 1. The quantitative estimate of drug-likeness (QED) is 0.792. The number of aryl methyl sites for hydroxylation is 1. The first-order chi connectivity index (χ1) is 11.7. The first kappa shape index (κ1) is 14.7. The van der Waals surface area contributed by atoms with Crippen molar-refractivity contribution >= 4 is 17.2 Å². The first-order valence-corrected chi connectivity index (χ1v) is 8.16. The largest absolute Gasteiger partial charge is 0.367 e. The van der Waals surface area contributed by atoms with Gasteiger partial charge in [-0.1, -0.05) is 0 Å². The molecule has 7 heteroatoms. The minimum absolute atomic E-state index is 0.0383. The Kier molecular flexibility index (Phi) is 3.68. The minimum atomic E-state index is -0.0383. The number of hydrogen-bond acceptors (Lipinski definition) is 4. The number of fused-ring (bicyclic) bond motifs is 1. The fraction of sp³-hybridized carbons (Fsp3) is 0.353. The van der Waals surface area contributed by atoms with E-state index in [2.05, 4.69) is 20.3 Å². The van der Waals surface area contributed by atoms with Gasteiger partial charge in [0.25, 0.3) is 5.91 Å². The molecule has 3 aromatic rings. The van der Waals surface area contributed by atoms with E-state index in [9.17, 15) is 4.79 Å². The summed E-state index contributed by atoms with van der Waals surface area (Å²) in [6.07, 6.45) is 11.3. The van der Waals surface area contributed by atoms with E-state index in [1.165, 1.54) is 0 Å². The van der Waals surface area contributed by atoms with Crippen LogP contribution in [0.4, 0.5) is 5.69 Å². The van der Waals surface area contributed by atoms with Crippen LogP contribution in [0.1, 0.15) is 23.2 Å². The van der Waals surface area contributed by atoms with Gasteiger partial charge < -0.3 is 14.6 Å². The van der Waals surface area contributed by atoms with Crippen molar-refractivity contribution in [2.45, 2.75) is 18.9 Å². The maximum atomic E-state index is 12.5. The lowest BCUT2D eigenvalue weighted by Crippen LogP contribution is -2.47. The predicted octanol–water partition coefficient (Wildman–Crippen LogP) is 1.47. The van der Waals surface area contributed by atoms with Crippen LogP contribution in [-0.4, -0.2) is 44.2 Å². The Balaban J connectivity index is 1.44. The van der Waals surface area contributed by atoms with Gasteiger partial charge in [0.05, 0.1) is 17.4 Å². The van der Waals surface area contributed by atoms with Crippen LogP contribution in [0, 0.1) is 0 Å². The Morgan fingerprint density at radius 3 is 3.08 bits per heavy atom. The molecule has 0 saturated carbocycles. The molecule has 0 aromatic carbocycles. The number of imidazole rings is 1. The first-order valence-electron chi connectivity index (χ1n) is 8.16. The monoisotopic (exact) mass is 324 g/mol. The van der Waals surface area contributed by atoms with Crippen molar-refractivity contribution in [1.29, 1.82) is 0 Å². The van der Waals surface area contributed by atoms with Crippen LogP contribution < -0.4 is 10.2 Å². The van der Waals surface area contributed by atoms with Crippen molar-refractivity contribution in [3.05, 3.63) is 48.7 Å². The number of hydrogen-bond donors (Lipinski definition) is 1. The van der Waals surface area contributed by atoms with Gasteiger partial charge in [-0.25, -0.2) is 4.98 Å². The van der Waals surface area contributed by atoms with Gasteiger partial charge in [0.1, 0.15) is 5.65 Å². The van der Waals surface area contributed by atoms with Crippen LogP contribution in [0.5, 0.6) is 0 Å². The molecular formula is C17H20N6O. The number of carbonyl (C=O) groups excluding carboxylic acids is 1. The van der Waals surface area contributed by atoms with Crippen molar-refractivity contribution in [3.63, 3.8) is 0 Å². The highest BCUT2D eigenvalue weighted by molar-refractivity contribution is 5.94. The molecule has 4 rings (SSSR count). The molecule has 7 nitrogen and oxygen atoms in total. The SMILES string of the molecule is Cn1cc(N2CCCC(NC(=O)c3ccc4nccn4c3)C2)cn1. The molecule has 0 bridgehead atoms. The summed E-state index contributed by atoms with van der Waals surface area (Å²) < 4.78 is 3.66. The zero-order chi connectivity index (χ0) is 16.5. The average molecular weight is 324 g/mol. The van der Waals surface area contributed by atoms with Crippen LogP contribution in [0.15, 0.2) is 43.1 Å². The maximum absolute atomic E-state index is 12.5. The van der Waals surface area contributed by atoms with Gasteiger partial charge in [-0.3, -0.25) is 9.48 Å². The molecule has 1 saturated heterocycles. The van der Waals surface area contributed by atoms with Crippen molar-refractivity contribution < 1.29 is 4.79 Å². The van der Waals surface area contributed by atoms with Gasteiger partial charge in [0.2, 0.25) is 0 Å². The number of nitrogens with zero attached hydrogens (tertiary/aromatic N) is 5. The standard InChI is InChI=1S/C17H20N6O/c1-21-12-15(9-19-21)22-7-2-3-14(11-22)20-17(24)13-4-5-16-18-6-8-23(16)10-13/h4-6,8-10,12,14H,2-3,7,11H2,1H3,(H,20,24). The molecule has 0 radical (unpaired) electrons. The molecule has 0 spiro atoms. The summed E-state index contributed by atoms with van der Waals surface area (Å²) in [6, 6.07) is 3.82. The summed E-state index contributed by atoms with van der Waals surface area (Å²) in [5, 5.41) is 7.39. The second-order valence-corrected chi connectivity index (χ2v) is 6.24. The summed E-state index contributed by atoms with van der Waals surface area (Å²) in [4.78, 5) is 19.0. The molecule has 1 amide bonds. The molecule has 1 N–H and O–H groups in total. The second kappa shape index (κ2) is 5.99. The van der Waals surface area contributed by atoms with Gasteiger partial charge in [-0.05, 0) is 25.0 Å². The molecule has 124 valence electrons. The minimum Gasteiger partial charge on any atom is -0.367 e. The van der Waals surface area contributed by atoms with Gasteiger partial charge in [0.15, 0.2) is 0 Å². The lowest BCUT2D eigenvalue weighted by Gasteiger charge is -2.33. The number of anilines is 1. The Morgan fingerprint density at radius 2 is 2.25 bits per heavy atom. The van der Waals surface area contributed by atoms with Gasteiger partial charge >= 0.3 is 0 Å². The van der Waals surface area contributed by atoms with E-state index in [0.717, 1.165) is 37.3 Å². The highest BCUT2D eigenvalue weighted by Crippen LogP contribution is 2.19. The highest BCUT2D eigenvalue weighted by Gasteiger charge is 2.23. The molecule has 1 aliphatic rings. The Labute approximate surface area is 139 Å². The second-order valence-electron chi connectivity index (χ2n) is 6.24. The number of aromatic nitrogens is 4. The smallest absolute Gasteiger partial charge is 0.253 e. The average Bonchev–Trinajstić information content (AvgIpc) is 3.23. The maximum Gasteiger partial charge on any atom is 0.253 e. The fourth-order valence-electron chi connectivity index (χ4n) is 3.22. The third-order valence-electron chi connectivity index (χ3n) is 4.46. The van der Waals surface area contributed by atoms with E-state index in [4.69, 9.17) is 0 Å².